The van der Waals surface area contributed by atoms with Crippen molar-refractivity contribution in [3.05, 3.63) is 71.0 Å². The summed E-state index contributed by atoms with van der Waals surface area (Å²) in [4.78, 5) is 52.0. The number of piperidine rings is 2. The van der Waals surface area contributed by atoms with Gasteiger partial charge < -0.3 is 20.6 Å². The summed E-state index contributed by atoms with van der Waals surface area (Å²) in [5.74, 6) is 4.78. The second-order valence-corrected chi connectivity index (χ2v) is 21.4. The van der Waals surface area contributed by atoms with Gasteiger partial charge >= 0.3 is 0 Å². The molecule has 7 atom stereocenters. The third-order valence-electron chi connectivity index (χ3n) is 14.6. The van der Waals surface area contributed by atoms with E-state index in [1.165, 1.54) is 44.1 Å². The van der Waals surface area contributed by atoms with Gasteiger partial charge in [-0.1, -0.05) is 52.0 Å². The molecule has 4 heterocycles. The highest BCUT2D eigenvalue weighted by atomic mass is 32.2. The highest BCUT2D eigenvalue weighted by Crippen LogP contribution is 2.51. The molecule has 0 unspecified atom stereocenters. The molecule has 2 aliphatic carbocycles. The van der Waals surface area contributed by atoms with Crippen molar-refractivity contribution in [2.45, 2.75) is 122 Å². The van der Waals surface area contributed by atoms with E-state index in [0.29, 0.717) is 54.2 Å². The van der Waals surface area contributed by atoms with E-state index in [0.717, 1.165) is 89.1 Å². The minimum atomic E-state index is -0.488. The van der Waals surface area contributed by atoms with Crippen LogP contribution in [0.25, 0.3) is 21.8 Å². The molecule has 2 saturated heterocycles. The quantitative estimate of drug-likeness (QED) is 0.0658. The van der Waals surface area contributed by atoms with Crippen LogP contribution in [0.15, 0.2) is 48.8 Å². The summed E-state index contributed by atoms with van der Waals surface area (Å²) >= 11 is 3.48. The van der Waals surface area contributed by atoms with Crippen LogP contribution in [0.1, 0.15) is 114 Å². The molecule has 0 saturated carbocycles. The number of thioether (sulfide) groups is 2. The maximum Gasteiger partial charge on any atom is 0.230 e. The van der Waals surface area contributed by atoms with Crippen molar-refractivity contribution in [3.63, 3.8) is 0 Å². The normalized spacial score (nSPS) is 25.4. The number of fused-ring (bicyclic) bond motifs is 4. The molecule has 4 aromatic rings. The number of aromatic nitrogens is 2. The lowest BCUT2D eigenvalue weighted by Crippen LogP contribution is -2.59. The molecule has 2 aromatic carbocycles. The van der Waals surface area contributed by atoms with Crippen LogP contribution in [0.3, 0.4) is 0 Å². The molecule has 11 heteroatoms. The van der Waals surface area contributed by atoms with E-state index in [1.54, 1.807) is 23.5 Å². The fourth-order valence-electron chi connectivity index (χ4n) is 11.8. The number of hydrogen-bond donors (Lipinski definition) is 4. The van der Waals surface area contributed by atoms with Gasteiger partial charge in [0.15, 0.2) is 5.78 Å². The molecule has 4 N–H and O–H groups in total. The molecule has 2 fully saturated rings. The Labute approximate surface area is 372 Å². The predicted molar refractivity (Wildman–Crippen MR) is 255 cm³/mol. The number of nitrogens with one attached hydrogen (secondary N) is 4. The molecule has 2 amide bonds. The Bertz CT molecular complexity index is 2160. The molecule has 0 spiro atoms. The summed E-state index contributed by atoms with van der Waals surface area (Å²) in [6.45, 7) is 15.8. The van der Waals surface area contributed by atoms with Gasteiger partial charge in [0, 0.05) is 83.2 Å². The minimum absolute atomic E-state index is 0.0528. The summed E-state index contributed by atoms with van der Waals surface area (Å²) in [6.07, 6.45) is 13.4. The van der Waals surface area contributed by atoms with Crippen LogP contribution in [0, 0.1) is 17.8 Å². The van der Waals surface area contributed by atoms with Crippen LogP contribution in [-0.4, -0.2) is 111 Å². The Kier molecular flexibility index (Phi) is 14.3. The van der Waals surface area contributed by atoms with Gasteiger partial charge in [0.2, 0.25) is 11.8 Å². The smallest absolute Gasteiger partial charge is 0.230 e. The Hall–Kier alpha value is -3.25. The molecule has 2 aliphatic heterocycles. The largest absolute Gasteiger partial charge is 0.361 e. The standard InChI is InChI=1S/C50H70N6O3S2/c1-6-18-55-26-33(20-39-37-12-10-15-41-47(37)35(24-52-41)22-44(39)55)28-61-31-46(58)54-43(49(59)32(3)4)14-8-9-17-51-45(57)30-60-29-34-21-40-38-13-11-16-42-48(38)36(25-53-42)23-50(40,5)56(27-34)19-7-2/h10-13,15-16,24-25,32-34,39-40,43-44,52-53H,6-9,14,17-23,26-31H2,1-5H3,(H,51,57)(H,54,58)/t33-,34-,39-,40-,43+,44-,50-/m1/s1. The van der Waals surface area contributed by atoms with Crippen LogP contribution in [0.2, 0.25) is 0 Å². The first-order valence-corrected chi connectivity index (χ1v) is 25.8. The van der Waals surface area contributed by atoms with E-state index >= 15 is 0 Å². The van der Waals surface area contributed by atoms with E-state index in [4.69, 9.17) is 0 Å². The lowest BCUT2D eigenvalue weighted by molar-refractivity contribution is -0.128. The van der Waals surface area contributed by atoms with Crippen LogP contribution < -0.4 is 10.6 Å². The van der Waals surface area contributed by atoms with Crippen LogP contribution in [0.5, 0.6) is 0 Å². The Balaban J connectivity index is 0.756. The van der Waals surface area contributed by atoms with Crippen molar-refractivity contribution in [2.75, 3.05) is 55.7 Å². The SMILES string of the molecule is CCCN1C[C@H](CSCC(=O)N[C@@H](CCCCNC(=O)CSC[C@@H]2C[C@@H]3c4cccc5[nH]cc(c45)C[C@@]3(C)N(CCC)C2)C(=O)C(C)C)C[C@@H]2c3cccc4[nH]cc(c34)C[C@H]21. The van der Waals surface area contributed by atoms with Crippen molar-refractivity contribution >= 4 is 62.9 Å². The third-order valence-corrected chi connectivity index (χ3v) is 16.9. The lowest BCUT2D eigenvalue weighted by Gasteiger charge is -2.55. The Morgan fingerprint density at radius 2 is 1.51 bits per heavy atom. The topological polar surface area (TPSA) is 113 Å². The fraction of sp³-hybridized carbons (Fsp3) is 0.620. The molecule has 330 valence electrons. The highest BCUT2D eigenvalue weighted by Gasteiger charge is 2.49. The van der Waals surface area contributed by atoms with Gasteiger partial charge in [0.25, 0.3) is 0 Å². The number of ketones is 1. The summed E-state index contributed by atoms with van der Waals surface area (Å²) in [5.41, 5.74) is 8.51. The molecule has 9 nitrogen and oxygen atoms in total. The van der Waals surface area contributed by atoms with Gasteiger partial charge in [0.1, 0.15) is 0 Å². The molecule has 8 rings (SSSR count). The fourth-order valence-corrected chi connectivity index (χ4v) is 13.8. The zero-order valence-electron chi connectivity index (χ0n) is 37.3. The zero-order valence-corrected chi connectivity index (χ0v) is 39.0. The number of aromatic amines is 2. The Morgan fingerprint density at radius 1 is 0.836 bits per heavy atom. The third kappa shape index (κ3) is 9.51. The molecule has 61 heavy (non-hydrogen) atoms. The lowest BCUT2D eigenvalue weighted by atomic mass is 9.64. The first-order valence-electron chi connectivity index (χ1n) is 23.5. The van der Waals surface area contributed by atoms with Crippen molar-refractivity contribution < 1.29 is 14.4 Å². The van der Waals surface area contributed by atoms with Crippen LogP contribution >= 0.6 is 23.5 Å². The zero-order chi connectivity index (χ0) is 42.7. The molecule has 0 radical (unpaired) electrons. The maximum absolute atomic E-state index is 13.3. The van der Waals surface area contributed by atoms with Gasteiger partial charge in [-0.15, -0.1) is 0 Å². The predicted octanol–water partition coefficient (Wildman–Crippen LogP) is 8.68. The highest BCUT2D eigenvalue weighted by molar-refractivity contribution is 8.00. The summed E-state index contributed by atoms with van der Waals surface area (Å²) in [5, 5.41) is 9.11. The molecular formula is C50H70N6O3S2. The number of hydrogen-bond acceptors (Lipinski definition) is 7. The Morgan fingerprint density at radius 3 is 2.23 bits per heavy atom. The number of H-pyrrole nitrogens is 2. The van der Waals surface area contributed by atoms with Gasteiger partial charge in [-0.05, 0) is 136 Å². The number of carbonyl (C=O) groups excluding carboxylic acids is 3. The van der Waals surface area contributed by atoms with Crippen LogP contribution in [0.4, 0.5) is 0 Å². The average molecular weight is 867 g/mol. The monoisotopic (exact) mass is 866 g/mol. The van der Waals surface area contributed by atoms with E-state index < -0.39 is 6.04 Å². The van der Waals surface area contributed by atoms with Crippen molar-refractivity contribution in [2.24, 2.45) is 17.8 Å². The minimum Gasteiger partial charge on any atom is -0.361 e. The van der Waals surface area contributed by atoms with Crippen molar-refractivity contribution in [1.29, 1.82) is 0 Å². The molecule has 4 aliphatic rings. The number of rotatable bonds is 20. The average Bonchev–Trinajstić information content (AvgIpc) is 3.86. The second kappa shape index (κ2) is 19.6. The number of nitrogens with zero attached hydrogens (tertiary/aromatic N) is 2. The van der Waals surface area contributed by atoms with Crippen molar-refractivity contribution in [3.8, 4) is 0 Å². The number of likely N-dealkylation sites (tertiary alicyclic amines) is 2. The summed E-state index contributed by atoms with van der Waals surface area (Å²) < 4.78 is 0. The van der Waals surface area contributed by atoms with E-state index in [1.807, 2.05) is 13.8 Å². The van der Waals surface area contributed by atoms with Gasteiger partial charge in [-0.25, -0.2) is 0 Å². The van der Waals surface area contributed by atoms with Gasteiger partial charge in [0.05, 0.1) is 17.5 Å². The molecule has 2 aromatic heterocycles. The van der Waals surface area contributed by atoms with Crippen LogP contribution in [-0.2, 0) is 27.2 Å². The van der Waals surface area contributed by atoms with Gasteiger partial charge in [-0.3, -0.25) is 24.2 Å². The first-order chi connectivity index (χ1) is 29.6. The maximum atomic E-state index is 13.3. The molecular weight excluding hydrogens is 797 g/mol. The van der Waals surface area contributed by atoms with Gasteiger partial charge in [-0.2, -0.15) is 23.5 Å². The second-order valence-electron chi connectivity index (χ2n) is 19.3. The number of amides is 2. The first kappa shape index (κ1) is 44.4. The summed E-state index contributed by atoms with van der Waals surface area (Å²) in [7, 11) is 0. The van der Waals surface area contributed by atoms with E-state index in [-0.39, 0.29) is 29.1 Å². The number of unbranched alkanes of at least 4 members (excludes halogenated alkanes) is 1. The number of carbonyl (C=O) groups is 3. The van der Waals surface area contributed by atoms with Crippen molar-refractivity contribution in [1.82, 2.24) is 30.4 Å². The molecule has 0 bridgehead atoms. The number of Topliss-reactive ketones (excluding diaryl/α,β-unsaturated/α-hetero) is 1. The van der Waals surface area contributed by atoms with E-state index in [2.05, 4.69) is 100.0 Å². The van der Waals surface area contributed by atoms with E-state index in [9.17, 15) is 14.4 Å². The number of benzene rings is 2. The summed E-state index contributed by atoms with van der Waals surface area (Å²) in [6, 6.07) is 13.5.